The first-order chi connectivity index (χ1) is 13.3. The highest BCUT2D eigenvalue weighted by molar-refractivity contribution is 6.31. The van der Waals surface area contributed by atoms with Crippen LogP contribution in [0.2, 0.25) is 5.02 Å². The summed E-state index contributed by atoms with van der Waals surface area (Å²) in [6, 6.07) is 2.33. The molecule has 4 heterocycles. The monoisotopic (exact) mass is 409 g/mol. The summed E-state index contributed by atoms with van der Waals surface area (Å²) < 4.78 is 41.4. The molecule has 0 saturated heterocycles. The van der Waals surface area contributed by atoms with Gasteiger partial charge in [0.2, 0.25) is 5.95 Å². The van der Waals surface area contributed by atoms with Gasteiger partial charge >= 0.3 is 6.18 Å². The fourth-order valence-corrected chi connectivity index (χ4v) is 2.79. The van der Waals surface area contributed by atoms with Crippen LogP contribution in [0.5, 0.6) is 0 Å². The van der Waals surface area contributed by atoms with E-state index in [0.29, 0.717) is 11.8 Å². The number of anilines is 1. The Balaban J connectivity index is 1.63. The molecule has 0 bridgehead atoms. The van der Waals surface area contributed by atoms with Crippen LogP contribution in [0, 0.1) is 0 Å². The SMILES string of the molecule is C[C@H](Nc1nc2cc(Cl)c(C(F)(F)F)cn2n1)c1ncnn1-c1ncccn1. The molecule has 4 aromatic rings. The standard InChI is InChI=1S/C15H11ClF3N9/c1-8(12-22-7-23-28(12)14-20-3-2-4-21-14)24-13-25-11-5-10(16)9(15(17,18)19)6-27(11)26-13/h2-8H,1H3,(H,24,26)/t8-/m0/s1. The molecule has 0 spiro atoms. The second kappa shape index (κ2) is 6.71. The Hall–Kier alpha value is -3.28. The lowest BCUT2D eigenvalue weighted by Crippen LogP contribution is -2.16. The highest BCUT2D eigenvalue weighted by Crippen LogP contribution is 2.35. The minimum absolute atomic E-state index is 0.103. The molecule has 0 aliphatic rings. The zero-order chi connectivity index (χ0) is 19.9. The summed E-state index contributed by atoms with van der Waals surface area (Å²) in [7, 11) is 0. The molecule has 0 aliphatic carbocycles. The predicted molar refractivity (Wildman–Crippen MR) is 92.0 cm³/mol. The third-order valence-corrected chi connectivity index (χ3v) is 4.09. The van der Waals surface area contributed by atoms with Gasteiger partial charge in [-0.25, -0.2) is 19.5 Å². The Kier molecular flexibility index (Phi) is 4.34. The van der Waals surface area contributed by atoms with Crippen molar-refractivity contribution in [2.75, 3.05) is 5.32 Å². The first-order valence-electron chi connectivity index (χ1n) is 7.90. The van der Waals surface area contributed by atoms with E-state index in [0.717, 1.165) is 16.8 Å². The lowest BCUT2D eigenvalue weighted by Gasteiger charge is -2.12. The molecule has 0 unspecified atom stereocenters. The summed E-state index contributed by atoms with van der Waals surface area (Å²) in [4.78, 5) is 16.6. The number of fused-ring (bicyclic) bond motifs is 1. The number of pyridine rings is 1. The van der Waals surface area contributed by atoms with Gasteiger partial charge in [0.1, 0.15) is 6.33 Å². The van der Waals surface area contributed by atoms with Crippen molar-refractivity contribution in [2.45, 2.75) is 19.1 Å². The summed E-state index contributed by atoms with van der Waals surface area (Å²) in [6.07, 6.45) is 0.677. The third-order valence-electron chi connectivity index (χ3n) is 3.78. The van der Waals surface area contributed by atoms with E-state index in [1.807, 2.05) is 0 Å². The number of halogens is 4. The van der Waals surface area contributed by atoms with Crippen molar-refractivity contribution in [2.24, 2.45) is 0 Å². The maximum atomic E-state index is 13.0. The van der Waals surface area contributed by atoms with Crippen molar-refractivity contribution in [3.05, 3.63) is 53.5 Å². The van der Waals surface area contributed by atoms with Crippen molar-refractivity contribution in [1.29, 1.82) is 0 Å². The van der Waals surface area contributed by atoms with E-state index in [4.69, 9.17) is 11.6 Å². The fraction of sp³-hybridized carbons (Fsp3) is 0.200. The van der Waals surface area contributed by atoms with Gasteiger partial charge in [-0.3, -0.25) is 0 Å². The van der Waals surface area contributed by atoms with Crippen molar-refractivity contribution >= 4 is 23.2 Å². The van der Waals surface area contributed by atoms with Crippen LogP contribution < -0.4 is 5.32 Å². The number of aromatic nitrogens is 8. The van der Waals surface area contributed by atoms with Gasteiger partial charge in [-0.2, -0.15) is 27.9 Å². The second-order valence-electron chi connectivity index (χ2n) is 5.72. The van der Waals surface area contributed by atoms with E-state index in [1.165, 1.54) is 11.0 Å². The quantitative estimate of drug-likeness (QED) is 0.553. The summed E-state index contributed by atoms with van der Waals surface area (Å²) in [6.45, 7) is 1.77. The molecule has 0 aliphatic heterocycles. The van der Waals surface area contributed by atoms with Crippen LogP contribution >= 0.6 is 11.6 Å². The molecule has 0 amide bonds. The molecular weight excluding hydrogens is 399 g/mol. The molecule has 1 atom stereocenters. The lowest BCUT2D eigenvalue weighted by molar-refractivity contribution is -0.137. The normalized spacial score (nSPS) is 13.0. The van der Waals surface area contributed by atoms with Gasteiger partial charge in [-0.15, -0.1) is 5.10 Å². The van der Waals surface area contributed by atoms with Gasteiger partial charge in [0.05, 0.1) is 16.6 Å². The molecule has 0 aromatic carbocycles. The highest BCUT2D eigenvalue weighted by Gasteiger charge is 2.34. The van der Waals surface area contributed by atoms with E-state index in [-0.39, 0.29) is 11.6 Å². The minimum Gasteiger partial charge on any atom is -0.343 e. The first-order valence-corrected chi connectivity index (χ1v) is 8.27. The van der Waals surface area contributed by atoms with Gasteiger partial charge < -0.3 is 5.32 Å². The van der Waals surface area contributed by atoms with Crippen LogP contribution in [0.3, 0.4) is 0 Å². The molecule has 0 fully saturated rings. The van der Waals surface area contributed by atoms with Crippen LogP contribution in [-0.4, -0.2) is 39.3 Å². The molecule has 0 saturated carbocycles. The molecule has 9 nitrogen and oxygen atoms in total. The number of rotatable bonds is 4. The second-order valence-corrected chi connectivity index (χ2v) is 6.12. The maximum Gasteiger partial charge on any atom is 0.419 e. The topological polar surface area (TPSA) is 98.7 Å². The summed E-state index contributed by atoms with van der Waals surface area (Å²) in [5, 5.41) is 10.6. The molecule has 13 heteroatoms. The van der Waals surface area contributed by atoms with Crippen LogP contribution in [0.4, 0.5) is 19.1 Å². The van der Waals surface area contributed by atoms with E-state index in [9.17, 15) is 13.2 Å². The molecule has 0 radical (unpaired) electrons. The van der Waals surface area contributed by atoms with Crippen molar-refractivity contribution in [1.82, 2.24) is 39.3 Å². The van der Waals surface area contributed by atoms with Crippen LogP contribution in [0.15, 0.2) is 37.1 Å². The fourth-order valence-electron chi connectivity index (χ4n) is 2.53. The predicted octanol–water partition coefficient (Wildman–Crippen LogP) is 2.95. The first kappa shape index (κ1) is 18.1. The Bertz CT molecular complexity index is 1120. The van der Waals surface area contributed by atoms with Crippen LogP contribution in [0.1, 0.15) is 24.4 Å². The molecule has 1 N–H and O–H groups in total. The molecular formula is C15H11ClF3N9. The van der Waals surface area contributed by atoms with E-state index in [2.05, 4.69) is 35.5 Å². The Morgan fingerprint density at radius 2 is 1.93 bits per heavy atom. The van der Waals surface area contributed by atoms with Gasteiger partial charge in [-0.1, -0.05) is 11.6 Å². The Labute approximate surface area is 160 Å². The zero-order valence-electron chi connectivity index (χ0n) is 14.1. The van der Waals surface area contributed by atoms with E-state index < -0.39 is 22.8 Å². The van der Waals surface area contributed by atoms with E-state index >= 15 is 0 Å². The van der Waals surface area contributed by atoms with Crippen LogP contribution in [0.25, 0.3) is 11.6 Å². The average Bonchev–Trinajstić information content (AvgIpc) is 3.27. The summed E-state index contributed by atoms with van der Waals surface area (Å²) in [5.41, 5.74) is -0.826. The number of hydrogen-bond acceptors (Lipinski definition) is 7. The molecule has 4 rings (SSSR count). The van der Waals surface area contributed by atoms with Crippen molar-refractivity contribution in [3.8, 4) is 5.95 Å². The Morgan fingerprint density at radius 3 is 2.64 bits per heavy atom. The van der Waals surface area contributed by atoms with Crippen molar-refractivity contribution < 1.29 is 13.2 Å². The maximum absolute atomic E-state index is 13.0. The lowest BCUT2D eigenvalue weighted by atomic mass is 10.3. The smallest absolute Gasteiger partial charge is 0.343 e. The van der Waals surface area contributed by atoms with Crippen molar-refractivity contribution in [3.63, 3.8) is 0 Å². The van der Waals surface area contributed by atoms with Gasteiger partial charge in [-0.05, 0) is 13.0 Å². The molecule has 4 aromatic heterocycles. The number of alkyl halides is 3. The average molecular weight is 410 g/mol. The summed E-state index contributed by atoms with van der Waals surface area (Å²) in [5.74, 6) is 0.902. The number of nitrogens with one attached hydrogen (secondary N) is 1. The molecule has 144 valence electrons. The van der Waals surface area contributed by atoms with Gasteiger partial charge in [0.25, 0.3) is 5.95 Å². The summed E-state index contributed by atoms with van der Waals surface area (Å²) >= 11 is 5.72. The van der Waals surface area contributed by atoms with Crippen LogP contribution in [-0.2, 0) is 6.18 Å². The number of nitrogens with zero attached hydrogens (tertiary/aromatic N) is 8. The van der Waals surface area contributed by atoms with E-state index in [1.54, 1.807) is 25.4 Å². The zero-order valence-corrected chi connectivity index (χ0v) is 14.9. The van der Waals surface area contributed by atoms with Gasteiger partial charge in [0, 0.05) is 24.7 Å². The largest absolute Gasteiger partial charge is 0.419 e. The highest BCUT2D eigenvalue weighted by atomic mass is 35.5. The third kappa shape index (κ3) is 3.33. The Morgan fingerprint density at radius 1 is 1.18 bits per heavy atom. The minimum atomic E-state index is -4.59. The van der Waals surface area contributed by atoms with Gasteiger partial charge in [0.15, 0.2) is 11.5 Å². The molecule has 28 heavy (non-hydrogen) atoms. The number of hydrogen-bond donors (Lipinski definition) is 1.